The first-order valence-corrected chi connectivity index (χ1v) is 11.3. The highest BCUT2D eigenvalue weighted by Crippen LogP contribution is 2.21. The Morgan fingerprint density at radius 2 is 1.76 bits per heavy atom. The van der Waals surface area contributed by atoms with Crippen LogP contribution in [0.2, 0.25) is 0 Å². The molecule has 1 amide bonds. The Hall–Kier alpha value is -3.47. The number of nitro benzene ring substituents is 1. The highest BCUT2D eigenvalue weighted by atomic mass is 79.9. The molecule has 0 atom stereocenters. The number of hydrogen-bond donors (Lipinski definition) is 1. The van der Waals surface area contributed by atoms with E-state index in [0.717, 1.165) is 14.7 Å². The van der Waals surface area contributed by atoms with Crippen molar-refractivity contribution in [2.75, 3.05) is 31.1 Å². The number of halogens is 1. The van der Waals surface area contributed by atoms with Crippen molar-refractivity contribution in [2.45, 2.75) is 19.4 Å². The van der Waals surface area contributed by atoms with E-state index < -0.39 is 10.6 Å². The van der Waals surface area contributed by atoms with Crippen molar-refractivity contribution in [3.05, 3.63) is 77.9 Å². The van der Waals surface area contributed by atoms with Crippen molar-refractivity contribution in [1.29, 1.82) is 0 Å². The van der Waals surface area contributed by atoms with Crippen LogP contribution in [0, 0.1) is 10.1 Å². The van der Waals surface area contributed by atoms with Gasteiger partial charge in [-0.3, -0.25) is 24.3 Å². The van der Waals surface area contributed by atoms with Crippen molar-refractivity contribution < 1.29 is 9.72 Å². The summed E-state index contributed by atoms with van der Waals surface area (Å²) in [5, 5.41) is 11.2. The summed E-state index contributed by atoms with van der Waals surface area (Å²) in [6, 6.07) is 11.5. The maximum atomic E-state index is 12.7. The number of rotatable bonds is 6. The van der Waals surface area contributed by atoms with Crippen molar-refractivity contribution >= 4 is 44.1 Å². The Bertz CT molecular complexity index is 1310. The summed E-state index contributed by atoms with van der Waals surface area (Å²) < 4.78 is 1.88. The molecule has 0 radical (unpaired) electrons. The first-order valence-electron chi connectivity index (χ1n) is 10.5. The Balaban J connectivity index is 1.32. The molecule has 1 aromatic heterocycles. The Kier molecular flexibility index (Phi) is 6.59. The molecule has 1 N–H and O–H groups in total. The summed E-state index contributed by atoms with van der Waals surface area (Å²) in [6.07, 6.45) is 0.615. The lowest BCUT2D eigenvalue weighted by atomic mass is 10.2. The lowest BCUT2D eigenvalue weighted by Gasteiger charge is -2.36. The standard InChI is InChI=1S/C22H22BrN5O5/c23-15-3-8-19-18(14-15)21(30)27(22(31)24-19)9-1-2-20(29)26-12-10-25(11-13-26)16-4-6-17(7-5-16)28(32)33/h3-8,14H,1-2,9-13H2,(H,24,31). The molecule has 0 bridgehead atoms. The van der Waals surface area contributed by atoms with Crippen molar-refractivity contribution in [3.63, 3.8) is 0 Å². The fourth-order valence-corrected chi connectivity index (χ4v) is 4.33. The number of hydrogen-bond acceptors (Lipinski definition) is 6. The minimum absolute atomic E-state index is 0.0219. The van der Waals surface area contributed by atoms with E-state index in [2.05, 4.69) is 25.8 Å². The fourth-order valence-electron chi connectivity index (χ4n) is 3.97. The van der Waals surface area contributed by atoms with Gasteiger partial charge in [0.2, 0.25) is 5.91 Å². The largest absolute Gasteiger partial charge is 0.368 e. The number of piperazine rings is 1. The molecule has 33 heavy (non-hydrogen) atoms. The topological polar surface area (TPSA) is 122 Å². The number of fused-ring (bicyclic) bond motifs is 1. The van der Waals surface area contributed by atoms with Gasteiger partial charge in [-0.15, -0.1) is 0 Å². The molecule has 172 valence electrons. The van der Waals surface area contributed by atoms with Crippen LogP contribution in [0.25, 0.3) is 10.9 Å². The number of nitro groups is 1. The van der Waals surface area contributed by atoms with Crippen LogP contribution in [0.3, 0.4) is 0 Å². The number of aromatic nitrogens is 2. The van der Waals surface area contributed by atoms with E-state index in [1.807, 2.05) is 0 Å². The Labute approximate surface area is 196 Å². The monoisotopic (exact) mass is 515 g/mol. The van der Waals surface area contributed by atoms with Gasteiger partial charge in [-0.25, -0.2) is 4.79 Å². The molecule has 10 nitrogen and oxygen atoms in total. The van der Waals surface area contributed by atoms with Gasteiger partial charge >= 0.3 is 5.69 Å². The van der Waals surface area contributed by atoms with Gasteiger partial charge in [0.1, 0.15) is 0 Å². The second-order valence-electron chi connectivity index (χ2n) is 7.82. The SMILES string of the molecule is O=C(CCCn1c(=O)[nH]c2ccc(Br)cc2c1=O)N1CCN(c2ccc([N+](=O)[O-])cc2)CC1. The third-order valence-corrected chi connectivity index (χ3v) is 6.27. The molecule has 0 spiro atoms. The van der Waals surface area contributed by atoms with Crippen LogP contribution >= 0.6 is 15.9 Å². The summed E-state index contributed by atoms with van der Waals surface area (Å²) in [4.78, 5) is 54.6. The Morgan fingerprint density at radius 3 is 2.42 bits per heavy atom. The highest BCUT2D eigenvalue weighted by molar-refractivity contribution is 9.10. The minimum Gasteiger partial charge on any atom is -0.368 e. The summed E-state index contributed by atoms with van der Waals surface area (Å²) in [7, 11) is 0. The van der Waals surface area contributed by atoms with Crippen LogP contribution < -0.4 is 16.1 Å². The summed E-state index contributed by atoms with van der Waals surface area (Å²) in [5.74, 6) is -0.0219. The van der Waals surface area contributed by atoms with Gasteiger partial charge in [-0.1, -0.05) is 15.9 Å². The smallest absolute Gasteiger partial charge is 0.328 e. The minimum atomic E-state index is -0.487. The number of amides is 1. The average molecular weight is 516 g/mol. The molecule has 11 heteroatoms. The van der Waals surface area contributed by atoms with Crippen LogP contribution in [0.5, 0.6) is 0 Å². The molecule has 4 rings (SSSR count). The average Bonchev–Trinajstić information content (AvgIpc) is 2.82. The fraction of sp³-hybridized carbons (Fsp3) is 0.318. The molecule has 0 unspecified atom stereocenters. The zero-order chi connectivity index (χ0) is 23.5. The third kappa shape index (κ3) is 4.98. The molecule has 0 aliphatic carbocycles. The number of benzene rings is 2. The lowest BCUT2D eigenvalue weighted by molar-refractivity contribution is -0.384. The Morgan fingerprint density at radius 1 is 1.06 bits per heavy atom. The molecule has 0 saturated carbocycles. The van der Waals surface area contributed by atoms with Gasteiger partial charge in [0, 0.05) is 61.4 Å². The van der Waals surface area contributed by atoms with Gasteiger partial charge in [0.15, 0.2) is 0 Å². The van der Waals surface area contributed by atoms with E-state index in [9.17, 15) is 24.5 Å². The number of carbonyl (C=O) groups is 1. The van der Waals surface area contributed by atoms with E-state index in [-0.39, 0.29) is 30.1 Å². The summed E-state index contributed by atoms with van der Waals surface area (Å²) >= 11 is 3.33. The van der Waals surface area contributed by atoms with Crippen LogP contribution in [-0.2, 0) is 11.3 Å². The van der Waals surface area contributed by atoms with Gasteiger partial charge in [0.05, 0.1) is 15.8 Å². The van der Waals surface area contributed by atoms with Gasteiger partial charge in [-0.05, 0) is 36.8 Å². The molecule has 2 heterocycles. The molecule has 1 fully saturated rings. The zero-order valence-corrected chi connectivity index (χ0v) is 19.3. The highest BCUT2D eigenvalue weighted by Gasteiger charge is 2.21. The number of anilines is 1. The first kappa shape index (κ1) is 22.7. The molecule has 2 aromatic carbocycles. The van der Waals surface area contributed by atoms with Crippen LogP contribution in [0.4, 0.5) is 11.4 Å². The second-order valence-corrected chi connectivity index (χ2v) is 8.74. The maximum absolute atomic E-state index is 12.7. The number of nitrogens with zero attached hydrogens (tertiary/aromatic N) is 4. The van der Waals surface area contributed by atoms with E-state index in [1.54, 1.807) is 35.2 Å². The molecule has 1 saturated heterocycles. The van der Waals surface area contributed by atoms with Crippen LogP contribution in [-0.4, -0.2) is 51.5 Å². The van der Waals surface area contributed by atoms with Crippen LogP contribution in [0.1, 0.15) is 12.8 Å². The predicted octanol–water partition coefficient (Wildman–Crippen LogP) is 2.49. The van der Waals surface area contributed by atoms with Crippen molar-refractivity contribution in [2.24, 2.45) is 0 Å². The summed E-state index contributed by atoms with van der Waals surface area (Å²) in [5.41, 5.74) is 0.545. The molecular weight excluding hydrogens is 494 g/mol. The zero-order valence-electron chi connectivity index (χ0n) is 17.7. The maximum Gasteiger partial charge on any atom is 0.328 e. The van der Waals surface area contributed by atoms with E-state index in [0.29, 0.717) is 43.5 Å². The van der Waals surface area contributed by atoms with E-state index in [1.165, 1.54) is 12.1 Å². The van der Waals surface area contributed by atoms with E-state index >= 15 is 0 Å². The van der Waals surface area contributed by atoms with Gasteiger partial charge < -0.3 is 14.8 Å². The molecule has 3 aromatic rings. The normalized spacial score (nSPS) is 14.0. The quantitative estimate of drug-likeness (QED) is 0.397. The van der Waals surface area contributed by atoms with E-state index in [4.69, 9.17) is 0 Å². The first-order chi connectivity index (χ1) is 15.8. The third-order valence-electron chi connectivity index (χ3n) is 5.77. The molecular formula is C22H22BrN5O5. The number of H-pyrrole nitrogens is 1. The molecule has 1 aliphatic rings. The second kappa shape index (κ2) is 9.57. The molecule has 1 aliphatic heterocycles. The van der Waals surface area contributed by atoms with Crippen molar-refractivity contribution in [3.8, 4) is 0 Å². The van der Waals surface area contributed by atoms with Gasteiger partial charge in [0.25, 0.3) is 11.2 Å². The number of carbonyl (C=O) groups excluding carboxylic acids is 1. The lowest BCUT2D eigenvalue weighted by Crippen LogP contribution is -2.48. The number of nitrogens with one attached hydrogen (secondary N) is 1. The predicted molar refractivity (Wildman–Crippen MR) is 128 cm³/mol. The number of non-ortho nitro benzene ring substituents is 1. The van der Waals surface area contributed by atoms with Gasteiger partial charge in [-0.2, -0.15) is 0 Å². The summed E-state index contributed by atoms with van der Waals surface area (Å²) in [6.45, 7) is 2.50. The van der Waals surface area contributed by atoms with Crippen molar-refractivity contribution in [1.82, 2.24) is 14.5 Å². The number of aromatic amines is 1. The van der Waals surface area contributed by atoms with Crippen LogP contribution in [0.15, 0.2) is 56.5 Å².